The Bertz CT molecular complexity index is 785. The molecule has 1 N–H and O–H groups in total. The van der Waals surface area contributed by atoms with Crippen molar-refractivity contribution in [2.75, 3.05) is 7.11 Å². The van der Waals surface area contributed by atoms with Gasteiger partial charge >= 0.3 is 17.9 Å². The molecular weight excluding hydrogens is 352 g/mol. The number of hydrogen-bond donors (Lipinski definition) is 1. The van der Waals surface area contributed by atoms with Crippen LogP contribution in [0.2, 0.25) is 0 Å². The summed E-state index contributed by atoms with van der Waals surface area (Å²) in [6.07, 6.45) is 3.71. The molecule has 0 aromatic heterocycles. The van der Waals surface area contributed by atoms with E-state index in [2.05, 4.69) is 6.58 Å². The highest BCUT2D eigenvalue weighted by atomic mass is 16.7. The van der Waals surface area contributed by atoms with Crippen molar-refractivity contribution in [3.8, 4) is 0 Å². The first-order chi connectivity index (χ1) is 12.6. The average molecular weight is 376 g/mol. The maximum Gasteiger partial charge on any atom is 0.315 e. The van der Waals surface area contributed by atoms with Crippen molar-refractivity contribution in [2.24, 2.45) is 28.6 Å². The molecule has 2 aliphatic heterocycles. The number of allylic oxidation sites excluding steroid dienone is 1. The van der Waals surface area contributed by atoms with Crippen LogP contribution in [0.3, 0.4) is 0 Å². The van der Waals surface area contributed by atoms with Crippen LogP contribution in [-0.2, 0) is 28.6 Å². The molecule has 4 aliphatic rings. The monoisotopic (exact) mass is 376 g/mol. The summed E-state index contributed by atoms with van der Waals surface area (Å²) in [7, 11) is 1.28. The number of hydrogen-bond acceptors (Lipinski definition) is 6. The van der Waals surface area contributed by atoms with Gasteiger partial charge in [0.25, 0.3) is 0 Å². The molecule has 0 aromatic rings. The smallest absolute Gasteiger partial charge is 0.315 e. The summed E-state index contributed by atoms with van der Waals surface area (Å²) < 4.78 is 16.6. The third-order valence-corrected chi connectivity index (χ3v) is 7.43. The van der Waals surface area contributed by atoms with E-state index in [0.29, 0.717) is 18.4 Å². The maximum absolute atomic E-state index is 12.5. The molecule has 146 valence electrons. The summed E-state index contributed by atoms with van der Waals surface area (Å²) >= 11 is 0. The number of methoxy groups -OCH3 is 1. The van der Waals surface area contributed by atoms with E-state index in [9.17, 15) is 19.5 Å². The van der Waals surface area contributed by atoms with Gasteiger partial charge in [-0.15, -0.1) is 6.58 Å². The van der Waals surface area contributed by atoms with E-state index in [-0.39, 0.29) is 18.3 Å². The van der Waals surface area contributed by atoms with Crippen LogP contribution < -0.4 is 0 Å². The molecule has 27 heavy (non-hydrogen) atoms. The zero-order valence-corrected chi connectivity index (χ0v) is 15.7. The molecule has 2 bridgehead atoms. The van der Waals surface area contributed by atoms with Crippen LogP contribution in [0.1, 0.15) is 33.1 Å². The number of carboxylic acids is 1. The summed E-state index contributed by atoms with van der Waals surface area (Å²) in [5, 5.41) is 10.2. The van der Waals surface area contributed by atoms with Crippen LogP contribution in [0.4, 0.5) is 0 Å². The average Bonchev–Trinajstić information content (AvgIpc) is 2.95. The van der Waals surface area contributed by atoms with Gasteiger partial charge in [-0.2, -0.15) is 0 Å². The third kappa shape index (κ3) is 1.98. The summed E-state index contributed by atoms with van der Waals surface area (Å²) in [6.45, 7) is 7.66. The minimum absolute atomic E-state index is 0.115. The fourth-order valence-electron chi connectivity index (χ4n) is 6.02. The van der Waals surface area contributed by atoms with E-state index in [0.717, 1.165) is 0 Å². The van der Waals surface area contributed by atoms with Crippen LogP contribution in [0.15, 0.2) is 24.3 Å². The summed E-state index contributed by atoms with van der Waals surface area (Å²) in [6, 6.07) is 0. The first-order valence-corrected chi connectivity index (χ1v) is 9.18. The van der Waals surface area contributed by atoms with E-state index in [1.165, 1.54) is 7.11 Å². The number of carbonyl (C=O) groups excluding carboxylic acids is 2. The lowest BCUT2D eigenvalue weighted by atomic mass is 9.47. The second-order valence-corrected chi connectivity index (χ2v) is 8.54. The highest BCUT2D eigenvalue weighted by Gasteiger charge is 2.78. The number of carboxylic acid groups (broad SMARTS) is 1. The van der Waals surface area contributed by atoms with Crippen molar-refractivity contribution in [3.63, 3.8) is 0 Å². The van der Waals surface area contributed by atoms with Crippen LogP contribution in [0, 0.1) is 28.6 Å². The van der Waals surface area contributed by atoms with Gasteiger partial charge in [-0.3, -0.25) is 14.4 Å². The number of esters is 2. The van der Waals surface area contributed by atoms with Gasteiger partial charge in [0.2, 0.25) is 6.29 Å². The fraction of sp³-hybridized carbons (Fsp3) is 0.650. The molecule has 0 radical (unpaired) electrons. The Balaban J connectivity index is 1.96. The Morgan fingerprint density at radius 3 is 2.74 bits per heavy atom. The topological polar surface area (TPSA) is 99.1 Å². The highest BCUT2D eigenvalue weighted by molar-refractivity contribution is 5.83. The van der Waals surface area contributed by atoms with E-state index < -0.39 is 46.5 Å². The molecule has 0 aromatic carbocycles. The van der Waals surface area contributed by atoms with Gasteiger partial charge < -0.3 is 19.3 Å². The van der Waals surface area contributed by atoms with Crippen molar-refractivity contribution < 1.29 is 33.7 Å². The zero-order valence-electron chi connectivity index (χ0n) is 15.7. The third-order valence-electron chi connectivity index (χ3n) is 7.43. The lowest BCUT2D eigenvalue weighted by molar-refractivity contribution is -0.204. The van der Waals surface area contributed by atoms with Crippen LogP contribution in [-0.4, -0.2) is 42.0 Å². The zero-order chi connectivity index (χ0) is 19.8. The van der Waals surface area contributed by atoms with Gasteiger partial charge in [0, 0.05) is 11.3 Å². The molecule has 2 unspecified atom stereocenters. The van der Waals surface area contributed by atoms with Gasteiger partial charge in [-0.05, 0) is 18.4 Å². The van der Waals surface area contributed by atoms with Crippen LogP contribution in [0.25, 0.3) is 0 Å². The number of rotatable bonds is 4. The minimum atomic E-state index is -1.22. The van der Waals surface area contributed by atoms with E-state index in [1.54, 1.807) is 12.2 Å². The molecule has 4 rings (SSSR count). The summed E-state index contributed by atoms with van der Waals surface area (Å²) in [5.41, 5.74) is -2.07. The van der Waals surface area contributed by atoms with Gasteiger partial charge in [0.1, 0.15) is 5.60 Å². The standard InChI is InChI=1S/C20H24O7/c1-5-18(2)7-6-12-19(3)11-8-10(9-13(21)25-4)20(12,14(18)15(22)23)27-17(19)26-16(11)24/h5,8,11-12,14,17H,1,6-7,9H2,2-4H3,(H,22,23)/t11-,12?,14+,17?,18+,19+,20-/m1/s1. The first kappa shape index (κ1) is 18.2. The first-order valence-electron chi connectivity index (χ1n) is 9.18. The van der Waals surface area contributed by atoms with E-state index in [4.69, 9.17) is 14.2 Å². The normalized spacial score (nSPS) is 46.9. The maximum atomic E-state index is 12.5. The second-order valence-electron chi connectivity index (χ2n) is 8.54. The molecule has 7 heteroatoms. The largest absolute Gasteiger partial charge is 0.481 e. The van der Waals surface area contributed by atoms with Crippen molar-refractivity contribution in [2.45, 2.75) is 45.0 Å². The van der Waals surface area contributed by atoms with Crippen molar-refractivity contribution >= 4 is 17.9 Å². The second kappa shape index (κ2) is 5.44. The van der Waals surface area contributed by atoms with Crippen LogP contribution >= 0.6 is 0 Å². The summed E-state index contributed by atoms with van der Waals surface area (Å²) in [5.74, 6) is -3.63. The van der Waals surface area contributed by atoms with Gasteiger partial charge in [0.05, 0.1) is 30.8 Å². The molecule has 1 saturated carbocycles. The molecule has 7 nitrogen and oxygen atoms in total. The predicted octanol–water partition coefficient (Wildman–Crippen LogP) is 2.07. The number of aliphatic carboxylic acids is 1. The molecule has 0 spiro atoms. The Kier molecular flexibility index (Phi) is 3.67. The number of ether oxygens (including phenoxy) is 3. The fourth-order valence-corrected chi connectivity index (χ4v) is 6.02. The molecular formula is C20H24O7. The van der Waals surface area contributed by atoms with Gasteiger partial charge in [-0.25, -0.2) is 0 Å². The lowest BCUT2D eigenvalue weighted by Gasteiger charge is -2.55. The molecule has 2 saturated heterocycles. The Labute approximate surface area is 157 Å². The SMILES string of the molecule is C=C[C@@]1(C)CCC2[C@@]3(C)C4OC(=O)[C@H]3C=C(CC(=O)OC)[C@]2(O4)[C@H]1C(=O)O. The Morgan fingerprint density at radius 2 is 2.15 bits per heavy atom. The van der Waals surface area contributed by atoms with Crippen LogP contribution in [0.5, 0.6) is 0 Å². The van der Waals surface area contributed by atoms with Crippen molar-refractivity contribution in [3.05, 3.63) is 24.3 Å². The van der Waals surface area contributed by atoms with Gasteiger partial charge in [0.15, 0.2) is 0 Å². The van der Waals surface area contributed by atoms with E-state index >= 15 is 0 Å². The van der Waals surface area contributed by atoms with Crippen molar-refractivity contribution in [1.29, 1.82) is 0 Å². The molecule has 2 heterocycles. The molecule has 3 fully saturated rings. The van der Waals surface area contributed by atoms with Gasteiger partial charge in [-0.1, -0.05) is 26.0 Å². The Hall–Kier alpha value is -2.15. The number of carbonyl (C=O) groups is 3. The quantitative estimate of drug-likeness (QED) is 0.592. The summed E-state index contributed by atoms with van der Waals surface area (Å²) in [4.78, 5) is 37.0. The lowest BCUT2D eigenvalue weighted by Crippen LogP contribution is -2.62. The predicted molar refractivity (Wildman–Crippen MR) is 92.2 cm³/mol. The van der Waals surface area contributed by atoms with E-state index in [1.807, 2.05) is 13.8 Å². The highest BCUT2D eigenvalue weighted by Crippen LogP contribution is 2.71. The molecule has 7 atom stereocenters. The molecule has 0 amide bonds. The Morgan fingerprint density at radius 1 is 1.44 bits per heavy atom. The minimum Gasteiger partial charge on any atom is -0.481 e. The molecule has 2 aliphatic carbocycles. The van der Waals surface area contributed by atoms with Crippen molar-refractivity contribution in [1.82, 2.24) is 0 Å².